The van der Waals surface area contributed by atoms with Gasteiger partial charge in [0.05, 0.1) is 6.54 Å². The van der Waals surface area contributed by atoms with E-state index >= 15 is 0 Å². The van der Waals surface area contributed by atoms with Crippen LogP contribution in [0.1, 0.15) is 18.1 Å². The molecule has 0 fully saturated rings. The first-order valence-corrected chi connectivity index (χ1v) is 7.31. The third-order valence-corrected chi connectivity index (χ3v) is 3.55. The van der Waals surface area contributed by atoms with Crippen molar-refractivity contribution in [2.24, 2.45) is 0 Å². The average molecular weight is 310 g/mol. The van der Waals surface area contributed by atoms with E-state index in [9.17, 15) is 9.59 Å². The van der Waals surface area contributed by atoms with Crippen molar-refractivity contribution in [3.63, 3.8) is 0 Å². The summed E-state index contributed by atoms with van der Waals surface area (Å²) in [6, 6.07) is 5.89. The lowest BCUT2D eigenvalue weighted by atomic mass is 10.1. The summed E-state index contributed by atoms with van der Waals surface area (Å²) in [5.74, 6) is 0. The van der Waals surface area contributed by atoms with Gasteiger partial charge in [-0.1, -0.05) is 18.2 Å². The summed E-state index contributed by atoms with van der Waals surface area (Å²) in [5, 5.41) is 4.16. The van der Waals surface area contributed by atoms with Gasteiger partial charge in [-0.3, -0.25) is 9.36 Å². The average Bonchev–Trinajstić information content (AvgIpc) is 2.75. The number of rotatable bonds is 3. The van der Waals surface area contributed by atoms with Crippen molar-refractivity contribution < 1.29 is 0 Å². The highest BCUT2D eigenvalue weighted by Gasteiger charge is 2.12. The van der Waals surface area contributed by atoms with Crippen molar-refractivity contribution in [3.05, 3.63) is 74.7 Å². The number of allylic oxidation sites excluding steroid dienone is 1. The van der Waals surface area contributed by atoms with Gasteiger partial charge in [-0.05, 0) is 44.0 Å². The number of hydrogen-bond donors (Lipinski definition) is 0. The minimum Gasteiger partial charge on any atom is -0.280 e. The van der Waals surface area contributed by atoms with Crippen molar-refractivity contribution in [1.29, 1.82) is 0 Å². The molecule has 0 saturated heterocycles. The van der Waals surface area contributed by atoms with Crippen LogP contribution < -0.4 is 11.2 Å². The summed E-state index contributed by atoms with van der Waals surface area (Å²) in [4.78, 5) is 25.0. The fourth-order valence-electron chi connectivity index (χ4n) is 2.66. The fraction of sp³-hybridized carbons (Fsp3) is 0.235. The molecule has 2 aromatic heterocycles. The van der Waals surface area contributed by atoms with Crippen LogP contribution in [0.2, 0.25) is 0 Å². The second kappa shape index (κ2) is 5.39. The van der Waals surface area contributed by atoms with E-state index in [4.69, 9.17) is 0 Å². The normalized spacial score (nSPS) is 11.1. The summed E-state index contributed by atoms with van der Waals surface area (Å²) < 4.78 is 4.03. The Morgan fingerprint density at radius 1 is 1.13 bits per heavy atom. The molecule has 0 aliphatic carbocycles. The lowest BCUT2D eigenvalue weighted by Gasteiger charge is -2.07. The molecule has 6 heteroatoms. The van der Waals surface area contributed by atoms with E-state index in [1.54, 1.807) is 12.4 Å². The Labute approximate surface area is 132 Å². The molecule has 0 N–H and O–H groups in total. The molecule has 2 heterocycles. The van der Waals surface area contributed by atoms with Crippen molar-refractivity contribution in [2.45, 2.75) is 27.3 Å². The van der Waals surface area contributed by atoms with Gasteiger partial charge < -0.3 is 0 Å². The minimum absolute atomic E-state index is 0.109. The maximum absolute atomic E-state index is 12.7. The van der Waals surface area contributed by atoms with Crippen molar-refractivity contribution in [3.8, 4) is 5.69 Å². The van der Waals surface area contributed by atoms with Gasteiger partial charge in [0.25, 0.3) is 0 Å². The molecule has 0 unspecified atom stereocenters. The Kier molecular flexibility index (Phi) is 3.52. The van der Waals surface area contributed by atoms with E-state index in [1.165, 1.54) is 13.6 Å². The molecule has 3 rings (SSSR count). The molecule has 0 spiro atoms. The van der Waals surface area contributed by atoms with Crippen LogP contribution in [0.3, 0.4) is 0 Å². The number of benzene rings is 1. The highest BCUT2D eigenvalue weighted by molar-refractivity contribution is 5.43. The highest BCUT2D eigenvalue weighted by atomic mass is 16.2. The summed E-state index contributed by atoms with van der Waals surface area (Å²) in [7, 11) is 0. The minimum atomic E-state index is -0.340. The molecule has 3 aromatic rings. The first-order valence-electron chi connectivity index (χ1n) is 7.31. The lowest BCUT2D eigenvalue weighted by molar-refractivity contribution is 0.651. The smallest absolute Gasteiger partial charge is 0.280 e. The lowest BCUT2D eigenvalue weighted by Crippen LogP contribution is -2.24. The second-order valence-corrected chi connectivity index (χ2v) is 5.91. The van der Waals surface area contributed by atoms with Gasteiger partial charge in [0, 0.05) is 18.1 Å². The predicted molar refractivity (Wildman–Crippen MR) is 89.3 cm³/mol. The highest BCUT2D eigenvalue weighted by Crippen LogP contribution is 2.12. The Balaban J connectivity index is 2.25. The molecule has 0 bridgehead atoms. The molecular weight excluding hydrogens is 292 g/mol. The topological polar surface area (TPSA) is 61.3 Å². The Hall–Kier alpha value is -2.89. The van der Waals surface area contributed by atoms with Crippen LogP contribution in [0.15, 0.2) is 52.3 Å². The predicted octanol–water partition coefficient (Wildman–Crippen LogP) is 1.84. The van der Waals surface area contributed by atoms with E-state index in [2.05, 4.69) is 11.7 Å². The second-order valence-electron chi connectivity index (χ2n) is 5.91. The van der Waals surface area contributed by atoms with E-state index in [0.717, 1.165) is 22.4 Å². The van der Waals surface area contributed by atoms with Gasteiger partial charge >= 0.3 is 11.2 Å². The van der Waals surface area contributed by atoms with Crippen LogP contribution >= 0.6 is 0 Å². The van der Waals surface area contributed by atoms with E-state index in [0.29, 0.717) is 6.54 Å². The number of aryl methyl sites for hydroxylation is 2. The van der Waals surface area contributed by atoms with Crippen LogP contribution in [-0.2, 0) is 6.54 Å². The largest absolute Gasteiger partial charge is 0.350 e. The molecule has 23 heavy (non-hydrogen) atoms. The summed E-state index contributed by atoms with van der Waals surface area (Å²) >= 11 is 0. The molecule has 0 amide bonds. The van der Waals surface area contributed by atoms with Crippen LogP contribution in [0.5, 0.6) is 0 Å². The zero-order valence-electron chi connectivity index (χ0n) is 13.4. The molecule has 0 aliphatic rings. The molecule has 1 aromatic carbocycles. The zero-order chi connectivity index (χ0) is 16.7. The third-order valence-electron chi connectivity index (χ3n) is 3.55. The van der Waals surface area contributed by atoms with Crippen LogP contribution in [0.4, 0.5) is 0 Å². The maximum Gasteiger partial charge on any atom is 0.350 e. The molecule has 0 saturated carbocycles. The van der Waals surface area contributed by atoms with E-state index in [1.807, 2.05) is 39.0 Å². The summed E-state index contributed by atoms with van der Waals surface area (Å²) in [5.41, 5.74) is 3.14. The van der Waals surface area contributed by atoms with Crippen LogP contribution in [0, 0.1) is 13.8 Å². The number of hydrogen-bond acceptors (Lipinski definition) is 3. The Morgan fingerprint density at radius 2 is 1.78 bits per heavy atom. The van der Waals surface area contributed by atoms with Crippen molar-refractivity contribution in [1.82, 2.24) is 18.7 Å². The van der Waals surface area contributed by atoms with Crippen LogP contribution in [0.25, 0.3) is 11.3 Å². The monoisotopic (exact) mass is 310 g/mol. The first kappa shape index (κ1) is 15.0. The quantitative estimate of drug-likeness (QED) is 0.694. The van der Waals surface area contributed by atoms with E-state index in [-0.39, 0.29) is 16.9 Å². The molecule has 0 radical (unpaired) electrons. The fourth-order valence-corrected chi connectivity index (χ4v) is 2.66. The van der Waals surface area contributed by atoms with Crippen molar-refractivity contribution in [2.75, 3.05) is 0 Å². The maximum atomic E-state index is 12.7. The molecule has 6 nitrogen and oxygen atoms in total. The van der Waals surface area contributed by atoms with Gasteiger partial charge in [-0.25, -0.2) is 13.9 Å². The van der Waals surface area contributed by atoms with Gasteiger partial charge in [-0.2, -0.15) is 0 Å². The Morgan fingerprint density at radius 3 is 2.39 bits per heavy atom. The molecule has 0 atom stereocenters. The number of aromatic nitrogens is 4. The van der Waals surface area contributed by atoms with Gasteiger partial charge in [-0.15, -0.1) is 5.10 Å². The number of fused-ring (bicyclic) bond motifs is 1. The third kappa shape index (κ3) is 2.63. The van der Waals surface area contributed by atoms with Gasteiger partial charge in [0.15, 0.2) is 0 Å². The van der Waals surface area contributed by atoms with Gasteiger partial charge in [0.2, 0.25) is 5.65 Å². The SMILES string of the molecule is C=C(C)Cn1nc2c(=O)n(-c3cc(C)cc(C)c3)ccn2c1=O. The standard InChI is InChI=1S/C17H18N4O2/c1-11(2)10-21-17(23)20-6-5-19(16(22)15(20)18-21)14-8-12(3)7-13(4)9-14/h5-9H,1,10H2,2-4H3. The van der Waals surface area contributed by atoms with Crippen LogP contribution in [-0.4, -0.2) is 18.7 Å². The number of nitrogens with zero attached hydrogens (tertiary/aromatic N) is 4. The zero-order valence-corrected chi connectivity index (χ0v) is 13.4. The Bertz CT molecular complexity index is 1020. The molecular formula is C17H18N4O2. The molecule has 118 valence electrons. The first-order chi connectivity index (χ1) is 10.9. The van der Waals surface area contributed by atoms with E-state index < -0.39 is 0 Å². The summed E-state index contributed by atoms with van der Waals surface area (Å²) in [6.07, 6.45) is 3.16. The van der Waals surface area contributed by atoms with Gasteiger partial charge in [0.1, 0.15) is 0 Å². The summed E-state index contributed by atoms with van der Waals surface area (Å²) in [6.45, 7) is 9.84. The van der Waals surface area contributed by atoms with Crippen molar-refractivity contribution >= 4 is 5.65 Å². The molecule has 0 aliphatic heterocycles.